The van der Waals surface area contributed by atoms with Gasteiger partial charge in [0.25, 0.3) is 0 Å². The van der Waals surface area contributed by atoms with Crippen LogP contribution in [0.4, 0.5) is 9.52 Å². The number of benzene rings is 1. The van der Waals surface area contributed by atoms with Gasteiger partial charge in [-0.05, 0) is 24.6 Å². The molecule has 1 aromatic carbocycles. The molecule has 3 rings (SSSR count). The van der Waals surface area contributed by atoms with Gasteiger partial charge < -0.3 is 9.84 Å². The van der Waals surface area contributed by atoms with E-state index in [2.05, 4.69) is 25.7 Å². The van der Waals surface area contributed by atoms with Gasteiger partial charge in [-0.3, -0.25) is 0 Å². The van der Waals surface area contributed by atoms with E-state index in [0.29, 0.717) is 23.4 Å². The normalized spacial score (nSPS) is 13.0. The first-order valence-electron chi connectivity index (χ1n) is 8.14. The van der Waals surface area contributed by atoms with E-state index >= 15 is 0 Å². The molecule has 2 aromatic heterocycles. The van der Waals surface area contributed by atoms with Gasteiger partial charge in [-0.2, -0.15) is 4.98 Å². The summed E-state index contributed by atoms with van der Waals surface area (Å²) in [6.07, 6.45) is 0. The number of hydrogen-bond donors (Lipinski definition) is 1. The number of anilines is 1. The summed E-state index contributed by atoms with van der Waals surface area (Å²) in [5, 5.41) is 16.3. The van der Waals surface area contributed by atoms with Gasteiger partial charge in [0.1, 0.15) is 5.82 Å². The molecule has 6 nitrogen and oxygen atoms in total. The molecule has 0 saturated heterocycles. The van der Waals surface area contributed by atoms with E-state index in [1.165, 1.54) is 35.2 Å². The van der Waals surface area contributed by atoms with E-state index in [4.69, 9.17) is 4.52 Å². The Labute approximate surface area is 159 Å². The summed E-state index contributed by atoms with van der Waals surface area (Å²) in [5.74, 6) is 1.03. The van der Waals surface area contributed by atoms with Crippen LogP contribution in [0, 0.1) is 5.82 Å². The van der Waals surface area contributed by atoms with Crippen LogP contribution in [0.3, 0.4) is 0 Å². The largest absolute Gasteiger partial charge is 0.356 e. The number of nitrogens with zero attached hydrogens (tertiary/aromatic N) is 4. The number of hydrogen-bond acceptors (Lipinski definition) is 8. The molecule has 9 heteroatoms. The average molecular weight is 394 g/mol. The molecule has 138 valence electrons. The third-order valence-corrected chi connectivity index (χ3v) is 5.55. The second kappa shape index (κ2) is 7.71. The Bertz CT molecular complexity index is 857. The summed E-state index contributed by atoms with van der Waals surface area (Å²) >= 11 is 2.98. The minimum Gasteiger partial charge on any atom is -0.356 e. The molecule has 0 amide bonds. The van der Waals surface area contributed by atoms with Crippen LogP contribution in [0.1, 0.15) is 50.2 Å². The maximum absolute atomic E-state index is 12.9. The Kier molecular flexibility index (Phi) is 5.57. The lowest BCUT2D eigenvalue weighted by molar-refractivity contribution is 0.364. The van der Waals surface area contributed by atoms with Crippen LogP contribution in [0.25, 0.3) is 0 Å². The highest BCUT2D eigenvalue weighted by Crippen LogP contribution is 2.37. The van der Waals surface area contributed by atoms with Crippen molar-refractivity contribution in [1.29, 1.82) is 0 Å². The highest BCUT2D eigenvalue weighted by molar-refractivity contribution is 8.01. The Morgan fingerprint density at radius 1 is 1.23 bits per heavy atom. The Hall–Kier alpha value is -2.00. The molecule has 0 fully saturated rings. The Balaban J connectivity index is 1.57. The first-order chi connectivity index (χ1) is 12.3. The van der Waals surface area contributed by atoms with Crippen LogP contribution in [-0.2, 0) is 12.0 Å². The minimum absolute atomic E-state index is 0.0171. The van der Waals surface area contributed by atoms with E-state index in [9.17, 15) is 4.39 Å². The quantitative estimate of drug-likeness (QED) is 0.601. The fourth-order valence-corrected chi connectivity index (χ4v) is 3.94. The summed E-state index contributed by atoms with van der Waals surface area (Å²) in [7, 11) is 0. The lowest BCUT2D eigenvalue weighted by atomic mass is 9.96. The smallest absolute Gasteiger partial charge is 0.239 e. The van der Waals surface area contributed by atoms with Crippen molar-refractivity contribution in [3.05, 3.63) is 47.4 Å². The van der Waals surface area contributed by atoms with Crippen LogP contribution >= 0.6 is 23.1 Å². The summed E-state index contributed by atoms with van der Waals surface area (Å²) in [6, 6.07) is 6.36. The first kappa shape index (κ1) is 18.8. The van der Waals surface area contributed by atoms with E-state index in [1.807, 2.05) is 27.7 Å². The van der Waals surface area contributed by atoms with Gasteiger partial charge in [0, 0.05) is 12.0 Å². The summed E-state index contributed by atoms with van der Waals surface area (Å²) in [5.41, 5.74) is 0.830. The summed E-state index contributed by atoms with van der Waals surface area (Å²) in [6.45, 7) is 8.70. The van der Waals surface area contributed by atoms with E-state index in [0.717, 1.165) is 9.90 Å². The molecule has 0 spiro atoms. The van der Waals surface area contributed by atoms with Crippen molar-refractivity contribution in [2.45, 2.75) is 49.2 Å². The van der Waals surface area contributed by atoms with E-state index in [1.54, 1.807) is 12.1 Å². The zero-order valence-corrected chi connectivity index (χ0v) is 16.6. The third kappa shape index (κ3) is 4.79. The maximum atomic E-state index is 12.9. The molecule has 0 aliphatic rings. The van der Waals surface area contributed by atoms with Gasteiger partial charge in [-0.15, -0.1) is 10.2 Å². The zero-order valence-electron chi connectivity index (χ0n) is 15.0. The fraction of sp³-hybridized carbons (Fsp3) is 0.412. The SMILES string of the molecule is C[C@@H](Sc1nnc(NCc2ccc(F)cc2)s1)c1nc(C(C)(C)C)no1. The van der Waals surface area contributed by atoms with Crippen molar-refractivity contribution < 1.29 is 8.91 Å². The van der Waals surface area contributed by atoms with Crippen molar-refractivity contribution in [2.75, 3.05) is 5.32 Å². The number of halogens is 1. The molecule has 0 aliphatic heterocycles. The Morgan fingerprint density at radius 3 is 2.62 bits per heavy atom. The lowest BCUT2D eigenvalue weighted by Gasteiger charge is -2.11. The highest BCUT2D eigenvalue weighted by Gasteiger charge is 2.24. The first-order valence-corrected chi connectivity index (χ1v) is 9.83. The van der Waals surface area contributed by atoms with Gasteiger partial charge in [0.05, 0.1) is 5.25 Å². The van der Waals surface area contributed by atoms with Crippen LogP contribution in [0.5, 0.6) is 0 Å². The number of nitrogens with one attached hydrogen (secondary N) is 1. The minimum atomic E-state index is -0.243. The van der Waals surface area contributed by atoms with Crippen LogP contribution in [-0.4, -0.2) is 20.3 Å². The maximum Gasteiger partial charge on any atom is 0.239 e. The van der Waals surface area contributed by atoms with Crippen molar-refractivity contribution in [3.8, 4) is 0 Å². The van der Waals surface area contributed by atoms with Crippen molar-refractivity contribution in [3.63, 3.8) is 0 Å². The predicted molar refractivity (Wildman–Crippen MR) is 101 cm³/mol. The second-order valence-corrected chi connectivity index (χ2v) is 9.38. The molecule has 0 bridgehead atoms. The van der Waals surface area contributed by atoms with Crippen molar-refractivity contribution in [1.82, 2.24) is 20.3 Å². The topological polar surface area (TPSA) is 76.7 Å². The van der Waals surface area contributed by atoms with Gasteiger partial charge in [0.2, 0.25) is 11.0 Å². The van der Waals surface area contributed by atoms with Crippen LogP contribution in [0.15, 0.2) is 33.1 Å². The fourth-order valence-electron chi connectivity index (χ4n) is 2.02. The third-order valence-electron chi connectivity index (χ3n) is 3.50. The standard InChI is InChI=1S/C17H20FN5OS2/c1-10(13-20-14(23-24-13)17(2,3)4)25-16-22-21-15(26-16)19-9-11-5-7-12(18)8-6-11/h5-8,10H,9H2,1-4H3,(H,19,21)/t10-/m1/s1. The van der Waals surface area contributed by atoms with Crippen LogP contribution in [0.2, 0.25) is 0 Å². The molecule has 0 aliphatic carbocycles. The van der Waals surface area contributed by atoms with Crippen LogP contribution < -0.4 is 5.32 Å². The zero-order chi connectivity index (χ0) is 18.7. The Morgan fingerprint density at radius 2 is 1.96 bits per heavy atom. The van der Waals surface area contributed by atoms with Gasteiger partial charge >= 0.3 is 0 Å². The summed E-state index contributed by atoms with van der Waals surface area (Å²) < 4.78 is 19.1. The van der Waals surface area contributed by atoms with Gasteiger partial charge in [-0.25, -0.2) is 4.39 Å². The molecule has 2 heterocycles. The molecule has 0 unspecified atom stereocenters. The molecule has 1 atom stereocenters. The molecule has 26 heavy (non-hydrogen) atoms. The molecule has 1 N–H and O–H groups in total. The van der Waals surface area contributed by atoms with E-state index < -0.39 is 0 Å². The summed E-state index contributed by atoms with van der Waals surface area (Å²) in [4.78, 5) is 4.48. The predicted octanol–water partition coefficient (Wildman–Crippen LogP) is 4.82. The lowest BCUT2D eigenvalue weighted by Crippen LogP contribution is -2.13. The average Bonchev–Trinajstić information content (AvgIpc) is 3.23. The van der Waals surface area contributed by atoms with Gasteiger partial charge in [0.15, 0.2) is 10.2 Å². The monoisotopic (exact) mass is 393 g/mol. The van der Waals surface area contributed by atoms with E-state index in [-0.39, 0.29) is 16.5 Å². The second-order valence-electron chi connectivity index (χ2n) is 6.82. The van der Waals surface area contributed by atoms with Crippen molar-refractivity contribution >= 4 is 28.2 Å². The van der Waals surface area contributed by atoms with Crippen molar-refractivity contribution in [2.24, 2.45) is 0 Å². The molecule has 3 aromatic rings. The molecule has 0 saturated carbocycles. The highest BCUT2D eigenvalue weighted by atomic mass is 32.2. The molecule has 0 radical (unpaired) electrons. The number of rotatable bonds is 6. The molecular weight excluding hydrogens is 373 g/mol. The molecular formula is C17H20FN5OS2. The number of thioether (sulfide) groups is 1. The van der Waals surface area contributed by atoms with Gasteiger partial charge in [-0.1, -0.05) is 61.2 Å². The number of aromatic nitrogens is 4.